The van der Waals surface area contributed by atoms with Crippen molar-refractivity contribution in [2.24, 2.45) is 11.1 Å². The number of rotatable bonds is 7. The van der Waals surface area contributed by atoms with E-state index in [4.69, 9.17) is 5.73 Å². The second kappa shape index (κ2) is 7.92. The van der Waals surface area contributed by atoms with Crippen LogP contribution in [0.5, 0.6) is 0 Å². The molecule has 0 fully saturated rings. The van der Waals surface area contributed by atoms with Gasteiger partial charge in [0.1, 0.15) is 0 Å². The molecular formula is C12H26N4O2. The van der Waals surface area contributed by atoms with E-state index in [9.17, 15) is 9.59 Å². The molecule has 0 aromatic heterocycles. The Labute approximate surface area is 109 Å². The fourth-order valence-electron chi connectivity index (χ4n) is 1.64. The monoisotopic (exact) mass is 258 g/mol. The molecule has 6 heteroatoms. The molecule has 0 aliphatic heterocycles. The van der Waals surface area contributed by atoms with Gasteiger partial charge in [0.15, 0.2) is 0 Å². The summed E-state index contributed by atoms with van der Waals surface area (Å²) >= 11 is 0. The maximum Gasteiger partial charge on any atom is 0.316 e. The highest BCUT2D eigenvalue weighted by atomic mass is 16.2. The van der Waals surface area contributed by atoms with Gasteiger partial charge < -0.3 is 21.3 Å². The first kappa shape index (κ1) is 16.7. The fraction of sp³-hybridized carbons (Fsp3) is 0.833. The fourth-order valence-corrected chi connectivity index (χ4v) is 1.64. The van der Waals surface area contributed by atoms with Crippen LogP contribution in [0.25, 0.3) is 0 Å². The third-order valence-electron chi connectivity index (χ3n) is 3.32. The van der Waals surface area contributed by atoms with E-state index in [0.29, 0.717) is 19.6 Å². The van der Waals surface area contributed by atoms with Gasteiger partial charge in [0.2, 0.25) is 5.91 Å². The summed E-state index contributed by atoms with van der Waals surface area (Å²) in [6.07, 6.45) is 1.44. The molecule has 0 saturated heterocycles. The number of carbonyl (C=O) groups is 2. The first-order chi connectivity index (χ1) is 8.43. The molecule has 0 bridgehead atoms. The van der Waals surface area contributed by atoms with Gasteiger partial charge in [-0.15, -0.1) is 0 Å². The van der Waals surface area contributed by atoms with E-state index in [1.165, 1.54) is 4.90 Å². The molecule has 3 amide bonds. The lowest BCUT2D eigenvalue weighted by Crippen LogP contribution is -2.47. The first-order valence-corrected chi connectivity index (χ1v) is 6.37. The third kappa shape index (κ3) is 4.52. The topological polar surface area (TPSA) is 87.5 Å². The number of amides is 3. The summed E-state index contributed by atoms with van der Waals surface area (Å²) in [5, 5.41) is 5.50. The van der Waals surface area contributed by atoms with Gasteiger partial charge in [0, 0.05) is 33.7 Å². The van der Waals surface area contributed by atoms with Crippen molar-refractivity contribution in [1.82, 2.24) is 15.5 Å². The number of hydrogen-bond acceptors (Lipinski definition) is 3. The molecule has 0 spiro atoms. The lowest BCUT2D eigenvalue weighted by molar-refractivity contribution is -0.130. The molecule has 106 valence electrons. The Morgan fingerprint density at radius 1 is 1.11 bits per heavy atom. The molecule has 0 rings (SSSR count). The Kier molecular flexibility index (Phi) is 7.35. The van der Waals surface area contributed by atoms with Crippen LogP contribution in [0, 0.1) is 5.41 Å². The Hall–Kier alpha value is -1.30. The molecule has 0 aromatic carbocycles. The Morgan fingerprint density at radius 2 is 1.61 bits per heavy atom. The van der Waals surface area contributed by atoms with Crippen molar-refractivity contribution in [3.63, 3.8) is 0 Å². The molecule has 0 aromatic rings. The number of nitrogens with zero attached hydrogens (tertiary/aromatic N) is 1. The Balaban J connectivity index is 4.07. The summed E-state index contributed by atoms with van der Waals surface area (Å²) in [7, 11) is 3.34. The van der Waals surface area contributed by atoms with Crippen LogP contribution in [0.2, 0.25) is 0 Å². The Bertz CT molecular complexity index is 267. The highest BCUT2D eigenvalue weighted by molar-refractivity contribution is 5.82. The number of nitrogens with two attached hydrogens (primary N) is 1. The van der Waals surface area contributed by atoms with E-state index in [0.717, 1.165) is 12.8 Å². The molecule has 4 N–H and O–H groups in total. The molecule has 0 saturated carbocycles. The number of hydrogen-bond donors (Lipinski definition) is 3. The van der Waals surface area contributed by atoms with E-state index in [1.54, 1.807) is 14.1 Å². The minimum Gasteiger partial charge on any atom is -0.354 e. The SMILES string of the molecule is CCC(CC)(CN)C(=O)NCCNC(=O)N(C)C. The van der Waals surface area contributed by atoms with Gasteiger partial charge in [-0.2, -0.15) is 0 Å². The molecule has 6 nitrogen and oxygen atoms in total. The van der Waals surface area contributed by atoms with Crippen LogP contribution in [0.15, 0.2) is 0 Å². The van der Waals surface area contributed by atoms with E-state index in [-0.39, 0.29) is 11.9 Å². The van der Waals surface area contributed by atoms with Crippen molar-refractivity contribution in [3.8, 4) is 0 Å². The predicted molar refractivity (Wildman–Crippen MR) is 72.2 cm³/mol. The average molecular weight is 258 g/mol. The van der Waals surface area contributed by atoms with Crippen LogP contribution in [-0.2, 0) is 4.79 Å². The summed E-state index contributed by atoms with van der Waals surface area (Å²) in [5.74, 6) is -0.0332. The number of nitrogens with one attached hydrogen (secondary N) is 2. The number of urea groups is 1. The minimum absolute atomic E-state index is 0.0332. The zero-order valence-corrected chi connectivity index (χ0v) is 11.9. The lowest BCUT2D eigenvalue weighted by atomic mass is 9.81. The van der Waals surface area contributed by atoms with E-state index in [1.807, 2.05) is 13.8 Å². The van der Waals surface area contributed by atoms with Crippen molar-refractivity contribution in [1.29, 1.82) is 0 Å². The normalized spacial score (nSPS) is 10.9. The van der Waals surface area contributed by atoms with Crippen molar-refractivity contribution < 1.29 is 9.59 Å². The van der Waals surface area contributed by atoms with Crippen molar-refractivity contribution in [3.05, 3.63) is 0 Å². The summed E-state index contributed by atoms with van der Waals surface area (Å²) in [6, 6.07) is -0.166. The van der Waals surface area contributed by atoms with Crippen molar-refractivity contribution in [2.45, 2.75) is 26.7 Å². The standard InChI is InChI=1S/C12H26N4O2/c1-5-12(6-2,9-13)10(17)14-7-8-15-11(18)16(3)4/h5-9,13H2,1-4H3,(H,14,17)(H,15,18). The maximum absolute atomic E-state index is 12.0. The van der Waals surface area contributed by atoms with E-state index in [2.05, 4.69) is 10.6 Å². The van der Waals surface area contributed by atoms with Crippen LogP contribution in [-0.4, -0.2) is 50.6 Å². The second-order valence-corrected chi connectivity index (χ2v) is 4.57. The van der Waals surface area contributed by atoms with Gasteiger partial charge >= 0.3 is 6.03 Å². The Morgan fingerprint density at radius 3 is 2.00 bits per heavy atom. The molecule has 18 heavy (non-hydrogen) atoms. The van der Waals surface area contributed by atoms with Crippen LogP contribution >= 0.6 is 0 Å². The van der Waals surface area contributed by atoms with Crippen LogP contribution < -0.4 is 16.4 Å². The van der Waals surface area contributed by atoms with Crippen LogP contribution in [0.4, 0.5) is 4.79 Å². The van der Waals surface area contributed by atoms with Gasteiger partial charge in [0.25, 0.3) is 0 Å². The van der Waals surface area contributed by atoms with Crippen molar-refractivity contribution >= 4 is 11.9 Å². The zero-order chi connectivity index (χ0) is 14.2. The largest absolute Gasteiger partial charge is 0.354 e. The van der Waals surface area contributed by atoms with E-state index < -0.39 is 5.41 Å². The average Bonchev–Trinajstić information content (AvgIpc) is 2.37. The predicted octanol–water partition coefficient (Wildman–Crippen LogP) is 0.139. The smallest absolute Gasteiger partial charge is 0.316 e. The molecule has 0 aliphatic carbocycles. The summed E-state index contributed by atoms with van der Waals surface area (Å²) in [4.78, 5) is 24.7. The third-order valence-corrected chi connectivity index (χ3v) is 3.32. The summed E-state index contributed by atoms with van der Waals surface area (Å²) < 4.78 is 0. The van der Waals surface area contributed by atoms with Gasteiger partial charge in [0.05, 0.1) is 5.41 Å². The van der Waals surface area contributed by atoms with Gasteiger partial charge in [-0.05, 0) is 12.8 Å². The lowest BCUT2D eigenvalue weighted by Gasteiger charge is -2.28. The van der Waals surface area contributed by atoms with Gasteiger partial charge in [-0.1, -0.05) is 13.8 Å². The molecular weight excluding hydrogens is 232 g/mol. The highest BCUT2D eigenvalue weighted by Gasteiger charge is 2.32. The molecule has 0 unspecified atom stereocenters. The number of carbonyl (C=O) groups excluding carboxylic acids is 2. The van der Waals surface area contributed by atoms with Gasteiger partial charge in [-0.3, -0.25) is 4.79 Å². The minimum atomic E-state index is -0.481. The zero-order valence-electron chi connectivity index (χ0n) is 11.9. The summed E-state index contributed by atoms with van der Waals surface area (Å²) in [6.45, 7) is 5.10. The highest BCUT2D eigenvalue weighted by Crippen LogP contribution is 2.24. The maximum atomic E-state index is 12.0. The molecule has 0 aliphatic rings. The van der Waals surface area contributed by atoms with Crippen molar-refractivity contribution in [2.75, 3.05) is 33.7 Å². The van der Waals surface area contributed by atoms with Gasteiger partial charge in [-0.25, -0.2) is 4.79 Å². The molecule has 0 radical (unpaired) electrons. The van der Waals surface area contributed by atoms with Crippen LogP contribution in [0.1, 0.15) is 26.7 Å². The quantitative estimate of drug-likeness (QED) is 0.568. The first-order valence-electron chi connectivity index (χ1n) is 6.37. The molecule has 0 heterocycles. The second-order valence-electron chi connectivity index (χ2n) is 4.57. The molecule has 0 atom stereocenters. The van der Waals surface area contributed by atoms with Crippen LogP contribution in [0.3, 0.4) is 0 Å². The summed E-state index contributed by atoms with van der Waals surface area (Å²) in [5.41, 5.74) is 5.20. The van der Waals surface area contributed by atoms with E-state index >= 15 is 0 Å².